The van der Waals surface area contributed by atoms with E-state index < -0.39 is 5.60 Å². The van der Waals surface area contributed by atoms with Crippen molar-refractivity contribution in [3.8, 4) is 0 Å². The first-order valence-corrected chi connectivity index (χ1v) is 8.88. The summed E-state index contributed by atoms with van der Waals surface area (Å²) in [5.74, 6) is 0.754. The van der Waals surface area contributed by atoms with E-state index in [2.05, 4.69) is 15.6 Å². The summed E-state index contributed by atoms with van der Waals surface area (Å²) in [6.07, 6.45) is 2.86. The second kappa shape index (κ2) is 12.6. The number of nitrogens with one attached hydrogen (secondary N) is 2. The van der Waals surface area contributed by atoms with Gasteiger partial charge in [0, 0.05) is 26.7 Å². The van der Waals surface area contributed by atoms with Gasteiger partial charge in [0.25, 0.3) is 0 Å². The first kappa shape index (κ1) is 24.2. The largest absolute Gasteiger partial charge is 0.444 e. The predicted molar refractivity (Wildman–Crippen MR) is 112 cm³/mol. The Morgan fingerprint density at radius 1 is 1.28 bits per heavy atom. The number of guanidine groups is 1. The van der Waals surface area contributed by atoms with E-state index in [-0.39, 0.29) is 36.1 Å². The first-order valence-electron chi connectivity index (χ1n) is 8.88. The van der Waals surface area contributed by atoms with E-state index in [0.717, 1.165) is 38.3 Å². The van der Waals surface area contributed by atoms with Gasteiger partial charge in [-0.2, -0.15) is 0 Å². The summed E-state index contributed by atoms with van der Waals surface area (Å²) in [5.41, 5.74) is -0.473. The Morgan fingerprint density at radius 3 is 2.60 bits per heavy atom. The van der Waals surface area contributed by atoms with Crippen LogP contribution in [0.15, 0.2) is 4.99 Å². The molecule has 8 heteroatoms. The number of carbonyl (C=O) groups excluding carboxylic acids is 1. The van der Waals surface area contributed by atoms with Gasteiger partial charge in [-0.25, -0.2) is 4.79 Å². The fraction of sp³-hybridized carbons (Fsp3) is 0.882. The molecule has 0 aromatic carbocycles. The van der Waals surface area contributed by atoms with Gasteiger partial charge in [-0.1, -0.05) is 0 Å². The smallest absolute Gasteiger partial charge is 0.410 e. The molecule has 1 atom stereocenters. The summed E-state index contributed by atoms with van der Waals surface area (Å²) in [7, 11) is 1.67. The van der Waals surface area contributed by atoms with E-state index in [9.17, 15) is 4.79 Å². The highest BCUT2D eigenvalue weighted by Crippen LogP contribution is 2.20. The van der Waals surface area contributed by atoms with Crippen LogP contribution in [0.25, 0.3) is 0 Å². The van der Waals surface area contributed by atoms with Gasteiger partial charge in [-0.05, 0) is 47.0 Å². The van der Waals surface area contributed by atoms with Crippen molar-refractivity contribution in [2.24, 2.45) is 4.99 Å². The standard InChI is InChI=1S/C17H34N4O3.HI/c1-6-18-15(19-10-12-23-5)20-13-14-9-7-8-11-21(14)16(22)24-17(2,3)4;/h14H,6-13H2,1-5H3,(H2,18,19,20);1H. The molecule has 0 aromatic rings. The molecule has 0 aromatic heterocycles. The quantitative estimate of drug-likeness (QED) is 0.270. The summed E-state index contributed by atoms with van der Waals surface area (Å²) in [6, 6.07) is 0.0893. The van der Waals surface area contributed by atoms with Crippen molar-refractivity contribution in [3.63, 3.8) is 0 Å². The Labute approximate surface area is 169 Å². The molecule has 2 N–H and O–H groups in total. The number of carbonyl (C=O) groups is 1. The summed E-state index contributed by atoms with van der Waals surface area (Å²) < 4.78 is 10.6. The highest BCUT2D eigenvalue weighted by Gasteiger charge is 2.30. The number of methoxy groups -OCH3 is 1. The van der Waals surface area contributed by atoms with Gasteiger partial charge >= 0.3 is 6.09 Å². The monoisotopic (exact) mass is 470 g/mol. The Morgan fingerprint density at radius 2 is 2.00 bits per heavy atom. The molecule has 0 saturated carbocycles. The van der Waals surface area contributed by atoms with E-state index in [1.807, 2.05) is 32.6 Å². The van der Waals surface area contributed by atoms with Crippen LogP contribution in [0.4, 0.5) is 4.79 Å². The number of amides is 1. The minimum absolute atomic E-state index is 0. The van der Waals surface area contributed by atoms with Crippen molar-refractivity contribution in [1.29, 1.82) is 0 Å². The molecule has 1 rings (SSSR count). The van der Waals surface area contributed by atoms with Crippen LogP contribution in [0.2, 0.25) is 0 Å². The molecule has 148 valence electrons. The average molecular weight is 470 g/mol. The van der Waals surface area contributed by atoms with Gasteiger partial charge in [-0.3, -0.25) is 4.99 Å². The SMILES string of the molecule is CCNC(=NCC1CCCCN1C(=O)OC(C)(C)C)NCCOC.I. The molecule has 1 saturated heterocycles. The van der Waals surface area contributed by atoms with Gasteiger partial charge in [0.15, 0.2) is 5.96 Å². The van der Waals surface area contributed by atoms with Gasteiger partial charge in [0.05, 0.1) is 19.2 Å². The molecule has 1 heterocycles. The summed E-state index contributed by atoms with van der Waals surface area (Å²) in [5, 5.41) is 6.43. The second-order valence-electron chi connectivity index (χ2n) is 6.96. The van der Waals surface area contributed by atoms with E-state index >= 15 is 0 Å². The van der Waals surface area contributed by atoms with E-state index in [0.29, 0.717) is 19.7 Å². The molecular weight excluding hydrogens is 435 g/mol. The van der Waals surface area contributed by atoms with Crippen LogP contribution >= 0.6 is 24.0 Å². The molecule has 1 fully saturated rings. The van der Waals surface area contributed by atoms with Crippen molar-refractivity contribution in [2.45, 2.75) is 58.6 Å². The van der Waals surface area contributed by atoms with E-state index in [4.69, 9.17) is 9.47 Å². The molecule has 25 heavy (non-hydrogen) atoms. The second-order valence-corrected chi connectivity index (χ2v) is 6.96. The lowest BCUT2D eigenvalue weighted by Gasteiger charge is -2.36. The van der Waals surface area contributed by atoms with Crippen molar-refractivity contribution in [3.05, 3.63) is 0 Å². The number of hydrogen-bond acceptors (Lipinski definition) is 4. The van der Waals surface area contributed by atoms with Crippen LogP contribution < -0.4 is 10.6 Å². The number of piperidine rings is 1. The number of aliphatic imine (C=N–C) groups is 1. The normalized spacial score (nSPS) is 18.4. The minimum atomic E-state index is -0.473. The van der Waals surface area contributed by atoms with Crippen molar-refractivity contribution < 1.29 is 14.3 Å². The maximum atomic E-state index is 12.4. The fourth-order valence-electron chi connectivity index (χ4n) is 2.56. The predicted octanol–water partition coefficient (Wildman–Crippen LogP) is 2.60. The topological polar surface area (TPSA) is 75.2 Å². The summed E-state index contributed by atoms with van der Waals surface area (Å²) in [6.45, 7) is 11.1. The van der Waals surface area contributed by atoms with Crippen LogP contribution in [0.3, 0.4) is 0 Å². The molecule has 1 unspecified atom stereocenters. The van der Waals surface area contributed by atoms with E-state index in [1.54, 1.807) is 7.11 Å². The van der Waals surface area contributed by atoms with Gasteiger partial charge in [0.1, 0.15) is 5.60 Å². The lowest BCUT2D eigenvalue weighted by Crippen LogP contribution is -2.48. The number of ether oxygens (including phenoxy) is 2. The average Bonchev–Trinajstić information content (AvgIpc) is 2.51. The van der Waals surface area contributed by atoms with Gasteiger partial charge in [0.2, 0.25) is 0 Å². The third-order valence-electron chi connectivity index (χ3n) is 3.66. The number of hydrogen-bond donors (Lipinski definition) is 2. The van der Waals surface area contributed by atoms with Crippen LogP contribution in [0, 0.1) is 0 Å². The Kier molecular flexibility index (Phi) is 12.2. The lowest BCUT2D eigenvalue weighted by molar-refractivity contribution is 0.0110. The molecule has 1 amide bonds. The number of likely N-dealkylation sites (tertiary alicyclic amines) is 1. The Hall–Kier alpha value is -0.770. The summed E-state index contributed by atoms with van der Waals surface area (Å²) in [4.78, 5) is 18.9. The third kappa shape index (κ3) is 10.1. The van der Waals surface area contributed by atoms with Crippen LogP contribution in [0.5, 0.6) is 0 Å². The first-order chi connectivity index (χ1) is 11.4. The number of nitrogens with zero attached hydrogens (tertiary/aromatic N) is 2. The highest BCUT2D eigenvalue weighted by molar-refractivity contribution is 14.0. The van der Waals surface area contributed by atoms with Crippen LogP contribution in [-0.4, -0.2) is 68.5 Å². The fourth-order valence-corrected chi connectivity index (χ4v) is 2.56. The van der Waals surface area contributed by atoms with Crippen LogP contribution in [0.1, 0.15) is 47.0 Å². The molecule has 1 aliphatic rings. The van der Waals surface area contributed by atoms with Crippen molar-refractivity contribution in [2.75, 3.05) is 39.9 Å². The van der Waals surface area contributed by atoms with Crippen molar-refractivity contribution in [1.82, 2.24) is 15.5 Å². The molecule has 0 radical (unpaired) electrons. The maximum Gasteiger partial charge on any atom is 0.410 e. The third-order valence-corrected chi connectivity index (χ3v) is 3.66. The number of halogens is 1. The summed E-state index contributed by atoms with van der Waals surface area (Å²) >= 11 is 0. The minimum Gasteiger partial charge on any atom is -0.444 e. The highest BCUT2D eigenvalue weighted by atomic mass is 127. The molecule has 0 aliphatic carbocycles. The molecule has 0 bridgehead atoms. The zero-order valence-electron chi connectivity index (χ0n) is 16.3. The lowest BCUT2D eigenvalue weighted by atomic mass is 10.0. The molecule has 7 nitrogen and oxygen atoms in total. The Bertz CT molecular complexity index is 413. The van der Waals surface area contributed by atoms with Crippen LogP contribution in [-0.2, 0) is 9.47 Å². The zero-order valence-corrected chi connectivity index (χ0v) is 18.6. The molecule has 0 spiro atoms. The molecular formula is C17H35IN4O3. The van der Waals surface area contributed by atoms with Crippen molar-refractivity contribution >= 4 is 36.0 Å². The van der Waals surface area contributed by atoms with Gasteiger partial charge in [-0.15, -0.1) is 24.0 Å². The number of rotatable bonds is 6. The molecule has 1 aliphatic heterocycles. The zero-order chi connectivity index (χ0) is 18.0. The maximum absolute atomic E-state index is 12.4. The Balaban J connectivity index is 0.00000576. The van der Waals surface area contributed by atoms with Gasteiger partial charge < -0.3 is 25.0 Å². The van der Waals surface area contributed by atoms with E-state index in [1.165, 1.54) is 0 Å².